The average molecular weight is 351 g/mol. The molecule has 3 fully saturated rings. The van der Waals surface area contributed by atoms with Crippen LogP contribution in [0.2, 0.25) is 0 Å². The number of hydrogen-bond donors (Lipinski definition) is 1. The molecule has 7 heteroatoms. The molecule has 0 aromatic rings. The number of aliphatic hydroxyl groups is 1. The minimum atomic E-state index is -0.703. The van der Waals surface area contributed by atoms with Crippen molar-refractivity contribution < 1.29 is 24.1 Å². The molecule has 3 aliphatic rings. The number of thioether (sulfide) groups is 2. The molecule has 3 saturated heterocycles. The molecule has 0 aromatic carbocycles. The van der Waals surface area contributed by atoms with Crippen molar-refractivity contribution in [3.63, 3.8) is 0 Å². The second-order valence-electron chi connectivity index (χ2n) is 6.85. The van der Waals surface area contributed by atoms with Crippen LogP contribution in [0.3, 0.4) is 0 Å². The summed E-state index contributed by atoms with van der Waals surface area (Å²) < 4.78 is 24.5. The quantitative estimate of drug-likeness (QED) is 0.837. The Morgan fingerprint density at radius 1 is 0.864 bits per heavy atom. The number of aliphatic hydroxyl groups excluding tert-OH is 1. The van der Waals surface area contributed by atoms with E-state index in [9.17, 15) is 5.11 Å². The van der Waals surface area contributed by atoms with Crippen LogP contribution in [0, 0.1) is 0 Å². The molecule has 22 heavy (non-hydrogen) atoms. The lowest BCUT2D eigenvalue weighted by Gasteiger charge is -2.31. The van der Waals surface area contributed by atoms with Crippen LogP contribution in [0.15, 0.2) is 0 Å². The largest absolute Gasteiger partial charge is 0.394 e. The van der Waals surface area contributed by atoms with Gasteiger partial charge >= 0.3 is 0 Å². The van der Waals surface area contributed by atoms with E-state index in [-0.39, 0.29) is 31.0 Å². The van der Waals surface area contributed by atoms with Crippen LogP contribution in [0.4, 0.5) is 0 Å². The molecule has 3 heterocycles. The minimum absolute atomic E-state index is 0.0538. The molecule has 0 spiro atoms. The number of ether oxygens (including phenoxy) is 4. The molecule has 5 nitrogen and oxygen atoms in total. The first kappa shape index (κ1) is 17.3. The predicted octanol–water partition coefficient (Wildman–Crippen LogP) is 2.22. The van der Waals surface area contributed by atoms with E-state index in [0.29, 0.717) is 4.58 Å². The van der Waals surface area contributed by atoms with Crippen molar-refractivity contribution in [1.82, 2.24) is 0 Å². The summed E-state index contributed by atoms with van der Waals surface area (Å²) in [6.07, 6.45) is 0.273. The second-order valence-corrected chi connectivity index (χ2v) is 9.65. The highest BCUT2D eigenvalue weighted by Crippen LogP contribution is 2.45. The van der Waals surface area contributed by atoms with Gasteiger partial charge in [-0.25, -0.2) is 0 Å². The Hall–Kier alpha value is 0.500. The molecular weight excluding hydrogens is 324 g/mol. The van der Waals surface area contributed by atoms with Crippen LogP contribution < -0.4 is 0 Å². The SMILES string of the molecule is CC1(C)O[C@H]([C@@H]2OC(C)(C)O[C@@H]2CO)[C@@H](C2SCCCS2)O1. The molecule has 3 aliphatic heterocycles. The Bertz CT molecular complexity index is 397. The molecule has 3 rings (SSSR count). The van der Waals surface area contributed by atoms with E-state index < -0.39 is 11.6 Å². The molecular formula is C15H26O5S2. The van der Waals surface area contributed by atoms with E-state index in [1.165, 1.54) is 6.42 Å². The average Bonchev–Trinajstić information content (AvgIpc) is 2.95. The first-order valence-electron chi connectivity index (χ1n) is 7.87. The lowest BCUT2D eigenvalue weighted by atomic mass is 10.0. The van der Waals surface area contributed by atoms with Gasteiger partial charge in [-0.1, -0.05) is 0 Å². The van der Waals surface area contributed by atoms with Gasteiger partial charge in [0.2, 0.25) is 0 Å². The van der Waals surface area contributed by atoms with Crippen LogP contribution in [-0.2, 0) is 18.9 Å². The van der Waals surface area contributed by atoms with Crippen LogP contribution >= 0.6 is 23.5 Å². The van der Waals surface area contributed by atoms with Gasteiger partial charge in [0.1, 0.15) is 24.4 Å². The van der Waals surface area contributed by atoms with Crippen molar-refractivity contribution in [3.8, 4) is 0 Å². The number of rotatable bonds is 3. The highest BCUT2D eigenvalue weighted by Gasteiger charge is 2.55. The van der Waals surface area contributed by atoms with E-state index in [0.717, 1.165) is 11.5 Å². The Labute approximate surface area is 140 Å². The third-order valence-corrected chi connectivity index (χ3v) is 7.07. The fourth-order valence-corrected chi connectivity index (χ4v) is 6.29. The van der Waals surface area contributed by atoms with Gasteiger partial charge in [0, 0.05) is 0 Å². The Balaban J connectivity index is 1.79. The second kappa shape index (κ2) is 6.43. The van der Waals surface area contributed by atoms with Crippen LogP contribution in [-0.4, -0.2) is 63.8 Å². The fraction of sp³-hybridized carbons (Fsp3) is 1.00. The van der Waals surface area contributed by atoms with Gasteiger partial charge < -0.3 is 24.1 Å². The summed E-state index contributed by atoms with van der Waals surface area (Å²) in [6.45, 7) is 7.54. The molecule has 0 aromatic heterocycles. The maximum Gasteiger partial charge on any atom is 0.164 e. The Kier molecular flexibility index (Phi) is 5.06. The topological polar surface area (TPSA) is 57.2 Å². The van der Waals surface area contributed by atoms with Crippen molar-refractivity contribution in [1.29, 1.82) is 0 Å². The van der Waals surface area contributed by atoms with Gasteiger partial charge in [0.25, 0.3) is 0 Å². The smallest absolute Gasteiger partial charge is 0.164 e. The van der Waals surface area contributed by atoms with E-state index in [4.69, 9.17) is 18.9 Å². The maximum atomic E-state index is 9.64. The zero-order valence-corrected chi connectivity index (χ0v) is 15.2. The van der Waals surface area contributed by atoms with E-state index in [1.54, 1.807) is 0 Å². The monoisotopic (exact) mass is 350 g/mol. The maximum absolute atomic E-state index is 9.64. The summed E-state index contributed by atoms with van der Waals surface area (Å²) >= 11 is 3.86. The van der Waals surface area contributed by atoms with Crippen molar-refractivity contribution >= 4 is 23.5 Å². The lowest BCUT2D eigenvalue weighted by Crippen LogP contribution is -2.46. The summed E-state index contributed by atoms with van der Waals surface area (Å²) in [5.41, 5.74) is 0. The van der Waals surface area contributed by atoms with Gasteiger partial charge in [-0.15, -0.1) is 23.5 Å². The highest BCUT2D eigenvalue weighted by molar-refractivity contribution is 8.17. The number of hydrogen-bond acceptors (Lipinski definition) is 7. The van der Waals surface area contributed by atoms with Crippen molar-refractivity contribution in [2.45, 2.75) is 74.7 Å². The Morgan fingerprint density at radius 3 is 2.05 bits per heavy atom. The van der Waals surface area contributed by atoms with E-state index in [2.05, 4.69) is 0 Å². The van der Waals surface area contributed by atoms with Crippen LogP contribution in [0.5, 0.6) is 0 Å². The van der Waals surface area contributed by atoms with Gasteiger partial charge in [-0.05, 0) is 45.6 Å². The molecule has 0 radical (unpaired) electrons. The first-order chi connectivity index (χ1) is 10.3. The summed E-state index contributed by atoms with van der Waals surface area (Å²) in [7, 11) is 0. The lowest BCUT2D eigenvalue weighted by molar-refractivity contribution is -0.175. The van der Waals surface area contributed by atoms with Gasteiger partial charge in [0.15, 0.2) is 11.6 Å². The molecule has 0 bridgehead atoms. The van der Waals surface area contributed by atoms with Crippen LogP contribution in [0.25, 0.3) is 0 Å². The summed E-state index contributed by atoms with van der Waals surface area (Å²) in [6, 6.07) is 0. The molecule has 0 amide bonds. The standard InChI is InChI=1S/C15H26O5S2/c1-14(2)17-9(8-16)10(18-14)11-12(20-15(3,4)19-11)13-21-6-5-7-22-13/h9-13,16H,5-8H2,1-4H3/t9-,10-,11-,12+/m1/s1. The van der Waals surface area contributed by atoms with Crippen molar-refractivity contribution in [3.05, 3.63) is 0 Å². The zero-order valence-electron chi connectivity index (χ0n) is 13.6. The van der Waals surface area contributed by atoms with Gasteiger partial charge in [-0.3, -0.25) is 0 Å². The summed E-state index contributed by atoms with van der Waals surface area (Å²) in [4.78, 5) is 0. The molecule has 0 saturated carbocycles. The first-order valence-corrected chi connectivity index (χ1v) is 9.96. The molecule has 4 atom stereocenters. The highest BCUT2D eigenvalue weighted by atomic mass is 32.2. The fourth-order valence-electron chi connectivity index (χ4n) is 3.26. The predicted molar refractivity (Wildman–Crippen MR) is 88.1 cm³/mol. The third kappa shape index (κ3) is 3.61. The molecule has 0 aliphatic carbocycles. The minimum Gasteiger partial charge on any atom is -0.394 e. The third-order valence-electron chi connectivity index (χ3n) is 4.01. The summed E-state index contributed by atoms with van der Waals surface area (Å²) in [5.74, 6) is 0.971. The Morgan fingerprint density at radius 2 is 1.41 bits per heavy atom. The van der Waals surface area contributed by atoms with Crippen molar-refractivity contribution in [2.24, 2.45) is 0 Å². The van der Waals surface area contributed by atoms with Crippen LogP contribution in [0.1, 0.15) is 34.1 Å². The van der Waals surface area contributed by atoms with E-state index in [1.807, 2.05) is 51.2 Å². The normalized spacial score (nSPS) is 41.9. The van der Waals surface area contributed by atoms with E-state index >= 15 is 0 Å². The molecule has 0 unspecified atom stereocenters. The van der Waals surface area contributed by atoms with Gasteiger partial charge in [-0.2, -0.15) is 0 Å². The summed E-state index contributed by atoms with van der Waals surface area (Å²) in [5, 5.41) is 9.64. The van der Waals surface area contributed by atoms with Gasteiger partial charge in [0.05, 0.1) is 11.2 Å². The zero-order chi connectivity index (χ0) is 16.0. The van der Waals surface area contributed by atoms with Crippen molar-refractivity contribution in [2.75, 3.05) is 18.1 Å². The molecule has 128 valence electrons. The molecule has 1 N–H and O–H groups in total.